The maximum Gasteiger partial charge on any atom is 0.176 e. The van der Waals surface area contributed by atoms with Gasteiger partial charge in [-0.15, -0.1) is 12.4 Å². The molecule has 0 N–H and O–H groups in total. The zero-order valence-corrected chi connectivity index (χ0v) is 15.2. The molecule has 0 bridgehead atoms. The Labute approximate surface area is 145 Å². The van der Waals surface area contributed by atoms with Crippen molar-refractivity contribution >= 4 is 18.2 Å². The van der Waals surface area contributed by atoms with Gasteiger partial charge in [0.05, 0.1) is 6.54 Å². The molecule has 2 aromatic rings. The van der Waals surface area contributed by atoms with E-state index < -0.39 is 0 Å². The van der Waals surface area contributed by atoms with Gasteiger partial charge in [0.2, 0.25) is 0 Å². The average molecular weight is 332 g/mol. The smallest absolute Gasteiger partial charge is 0.176 e. The Morgan fingerprint density at radius 3 is 2.04 bits per heavy atom. The van der Waals surface area contributed by atoms with Crippen molar-refractivity contribution in [2.24, 2.45) is 0 Å². The summed E-state index contributed by atoms with van der Waals surface area (Å²) in [6.45, 7) is 7.86. The molecule has 0 amide bonds. The number of Topliss-reactive ketones (excluding diaryl/α,β-unsaturated/α-hetero) is 1. The lowest BCUT2D eigenvalue weighted by Crippen LogP contribution is -2.25. The molecule has 23 heavy (non-hydrogen) atoms. The first kappa shape index (κ1) is 19.4. The number of carbonyl (C=O) groups excluding carboxylic acids is 1. The van der Waals surface area contributed by atoms with E-state index in [0.29, 0.717) is 6.54 Å². The van der Waals surface area contributed by atoms with Crippen molar-refractivity contribution in [1.82, 2.24) is 4.90 Å². The van der Waals surface area contributed by atoms with Crippen LogP contribution in [-0.2, 0) is 12.0 Å². The Hall–Kier alpha value is -1.64. The van der Waals surface area contributed by atoms with Crippen molar-refractivity contribution in [1.29, 1.82) is 0 Å². The van der Waals surface area contributed by atoms with Crippen LogP contribution in [0.1, 0.15) is 42.3 Å². The monoisotopic (exact) mass is 331 g/mol. The molecule has 2 nitrogen and oxygen atoms in total. The van der Waals surface area contributed by atoms with Crippen molar-refractivity contribution in [2.45, 2.75) is 32.7 Å². The number of nitrogens with zero attached hydrogens (tertiary/aromatic N) is 1. The number of carbonyl (C=O) groups is 1. The van der Waals surface area contributed by atoms with Gasteiger partial charge in [0.25, 0.3) is 0 Å². The van der Waals surface area contributed by atoms with Gasteiger partial charge < -0.3 is 0 Å². The van der Waals surface area contributed by atoms with Crippen LogP contribution in [0.4, 0.5) is 0 Å². The van der Waals surface area contributed by atoms with E-state index in [1.165, 1.54) is 11.1 Å². The third kappa shape index (κ3) is 5.81. The Kier molecular flexibility index (Phi) is 6.99. The van der Waals surface area contributed by atoms with Gasteiger partial charge in [0, 0.05) is 12.1 Å². The van der Waals surface area contributed by atoms with Crippen molar-refractivity contribution in [3.8, 4) is 0 Å². The zero-order chi connectivity index (χ0) is 16.2. The molecule has 0 aliphatic rings. The summed E-state index contributed by atoms with van der Waals surface area (Å²) in [7, 11) is 1.98. The Morgan fingerprint density at radius 1 is 0.957 bits per heavy atom. The van der Waals surface area contributed by atoms with E-state index in [4.69, 9.17) is 0 Å². The second-order valence-electron chi connectivity index (χ2n) is 6.91. The first-order valence-electron chi connectivity index (χ1n) is 7.72. The minimum Gasteiger partial charge on any atom is -0.295 e. The molecule has 0 atom stereocenters. The van der Waals surface area contributed by atoms with Crippen molar-refractivity contribution in [2.75, 3.05) is 13.6 Å². The van der Waals surface area contributed by atoms with Crippen LogP contribution in [-0.4, -0.2) is 24.3 Å². The second-order valence-corrected chi connectivity index (χ2v) is 6.91. The maximum absolute atomic E-state index is 12.2. The van der Waals surface area contributed by atoms with Crippen LogP contribution in [0.25, 0.3) is 0 Å². The molecular weight excluding hydrogens is 306 g/mol. The first-order chi connectivity index (χ1) is 10.4. The maximum atomic E-state index is 12.2. The number of ketones is 1. The molecule has 2 rings (SSSR count). The topological polar surface area (TPSA) is 20.3 Å². The third-order valence-corrected chi connectivity index (χ3v) is 3.78. The Bertz CT molecular complexity index is 614. The highest BCUT2D eigenvalue weighted by atomic mass is 35.5. The van der Waals surface area contributed by atoms with E-state index in [9.17, 15) is 4.79 Å². The van der Waals surface area contributed by atoms with Gasteiger partial charge in [0.1, 0.15) is 0 Å². The second kappa shape index (κ2) is 8.28. The fourth-order valence-corrected chi connectivity index (χ4v) is 2.44. The molecule has 0 unspecified atom stereocenters. The number of benzene rings is 2. The molecule has 3 heteroatoms. The molecule has 2 aromatic carbocycles. The highest BCUT2D eigenvalue weighted by Crippen LogP contribution is 2.22. The fourth-order valence-electron chi connectivity index (χ4n) is 2.44. The summed E-state index contributed by atoms with van der Waals surface area (Å²) in [6.07, 6.45) is 0. The number of hydrogen-bond acceptors (Lipinski definition) is 2. The van der Waals surface area contributed by atoms with Gasteiger partial charge >= 0.3 is 0 Å². The molecular formula is C20H26ClNO. The number of halogens is 1. The molecule has 0 aromatic heterocycles. The van der Waals surface area contributed by atoms with E-state index in [0.717, 1.165) is 12.1 Å². The van der Waals surface area contributed by atoms with Crippen LogP contribution in [0.3, 0.4) is 0 Å². The summed E-state index contributed by atoms with van der Waals surface area (Å²) in [5, 5.41) is 0. The van der Waals surface area contributed by atoms with E-state index in [1.807, 2.05) is 37.4 Å². The molecule has 0 heterocycles. The van der Waals surface area contributed by atoms with Crippen LogP contribution in [0.15, 0.2) is 54.6 Å². The van der Waals surface area contributed by atoms with E-state index >= 15 is 0 Å². The summed E-state index contributed by atoms with van der Waals surface area (Å²) < 4.78 is 0. The predicted molar refractivity (Wildman–Crippen MR) is 99.5 cm³/mol. The van der Waals surface area contributed by atoms with Crippen LogP contribution in [0.5, 0.6) is 0 Å². The lowest BCUT2D eigenvalue weighted by atomic mass is 9.87. The van der Waals surface area contributed by atoms with Crippen molar-refractivity contribution in [3.63, 3.8) is 0 Å². The normalized spacial score (nSPS) is 11.2. The van der Waals surface area contributed by atoms with Gasteiger partial charge in [-0.2, -0.15) is 0 Å². The minimum absolute atomic E-state index is 0. The summed E-state index contributed by atoms with van der Waals surface area (Å²) in [5.41, 5.74) is 3.52. The van der Waals surface area contributed by atoms with Gasteiger partial charge in [0.15, 0.2) is 5.78 Å². The van der Waals surface area contributed by atoms with Crippen LogP contribution >= 0.6 is 12.4 Å². The van der Waals surface area contributed by atoms with Crippen LogP contribution in [0.2, 0.25) is 0 Å². The lowest BCUT2D eigenvalue weighted by Gasteiger charge is -2.20. The van der Waals surface area contributed by atoms with E-state index in [1.54, 1.807) is 0 Å². The Morgan fingerprint density at radius 2 is 1.52 bits per heavy atom. The first-order valence-corrected chi connectivity index (χ1v) is 7.72. The van der Waals surface area contributed by atoms with Crippen molar-refractivity contribution in [3.05, 3.63) is 71.3 Å². The van der Waals surface area contributed by atoms with E-state index in [-0.39, 0.29) is 23.6 Å². The predicted octanol–water partition coefficient (Wildman–Crippen LogP) is 4.72. The lowest BCUT2D eigenvalue weighted by molar-refractivity contribution is 0.0943. The molecule has 0 aliphatic carbocycles. The van der Waals surface area contributed by atoms with Crippen molar-refractivity contribution < 1.29 is 4.79 Å². The minimum atomic E-state index is 0. The number of likely N-dealkylation sites (N-methyl/N-ethyl adjacent to an activating group) is 1. The van der Waals surface area contributed by atoms with Crippen LogP contribution < -0.4 is 0 Å². The average Bonchev–Trinajstić information content (AvgIpc) is 2.47. The quantitative estimate of drug-likeness (QED) is 0.739. The number of rotatable bonds is 5. The summed E-state index contributed by atoms with van der Waals surface area (Å²) >= 11 is 0. The SMILES string of the molecule is CN(CC(=O)c1ccccc1)Cc1ccc(C(C)(C)C)cc1.Cl. The highest BCUT2D eigenvalue weighted by molar-refractivity contribution is 5.97. The molecule has 124 valence electrons. The zero-order valence-electron chi connectivity index (χ0n) is 14.4. The molecule has 0 radical (unpaired) electrons. The molecule has 0 fully saturated rings. The Balaban J connectivity index is 0.00000264. The summed E-state index contributed by atoms with van der Waals surface area (Å²) in [6, 6.07) is 18.1. The largest absolute Gasteiger partial charge is 0.295 e. The van der Waals surface area contributed by atoms with Gasteiger partial charge in [-0.05, 0) is 23.6 Å². The fraction of sp³-hybridized carbons (Fsp3) is 0.350. The molecule has 0 saturated carbocycles. The molecule has 0 aliphatic heterocycles. The highest BCUT2D eigenvalue weighted by Gasteiger charge is 2.13. The summed E-state index contributed by atoms with van der Waals surface area (Å²) in [4.78, 5) is 14.2. The van der Waals surface area contributed by atoms with Gasteiger partial charge in [-0.25, -0.2) is 0 Å². The summed E-state index contributed by atoms with van der Waals surface area (Å²) in [5.74, 6) is 0.161. The number of hydrogen-bond donors (Lipinski definition) is 0. The van der Waals surface area contributed by atoms with Gasteiger partial charge in [-0.3, -0.25) is 9.69 Å². The third-order valence-electron chi connectivity index (χ3n) is 3.78. The molecule has 0 spiro atoms. The molecule has 0 saturated heterocycles. The van der Waals surface area contributed by atoms with Gasteiger partial charge in [-0.1, -0.05) is 75.4 Å². The van der Waals surface area contributed by atoms with E-state index in [2.05, 4.69) is 49.9 Å². The van der Waals surface area contributed by atoms with Crippen LogP contribution in [0, 0.1) is 0 Å². The standard InChI is InChI=1S/C20H25NO.ClH/c1-20(2,3)18-12-10-16(11-13-18)14-21(4)15-19(22)17-8-6-5-7-9-17;/h5-13H,14-15H2,1-4H3;1H.